The van der Waals surface area contributed by atoms with Crippen molar-refractivity contribution in [2.75, 3.05) is 0 Å². The largest absolute Gasteiger partial charge is 0.338 e. The molecule has 0 saturated heterocycles. The fourth-order valence-corrected chi connectivity index (χ4v) is 1.88. The van der Waals surface area contributed by atoms with Gasteiger partial charge in [0.15, 0.2) is 5.82 Å². The fourth-order valence-electron chi connectivity index (χ4n) is 1.88. The molecular weight excluding hydrogens is 248 g/mol. The Bertz CT molecular complexity index is 798. The predicted octanol–water partition coefficient (Wildman–Crippen LogP) is 3.38. The molecule has 3 nitrogen and oxygen atoms in total. The van der Waals surface area contributed by atoms with Crippen LogP contribution in [0.25, 0.3) is 22.4 Å². The minimum Gasteiger partial charge on any atom is -0.338 e. The van der Waals surface area contributed by atoms with Crippen LogP contribution in [0.1, 0.15) is 5.56 Å². The van der Waals surface area contributed by atoms with E-state index >= 15 is 0 Å². The normalized spacial score (nSPS) is 10.6. The van der Waals surface area contributed by atoms with Crippen LogP contribution in [0.3, 0.4) is 0 Å². The molecule has 5 heteroatoms. The summed E-state index contributed by atoms with van der Waals surface area (Å²) in [7, 11) is 0. The quantitative estimate of drug-likeness (QED) is 0.724. The first-order valence-corrected chi connectivity index (χ1v) is 5.52. The van der Waals surface area contributed by atoms with E-state index in [-0.39, 0.29) is 5.52 Å². The fraction of sp³-hybridized carbons (Fsp3) is 0. The van der Waals surface area contributed by atoms with Gasteiger partial charge in [-0.15, -0.1) is 0 Å². The van der Waals surface area contributed by atoms with Crippen LogP contribution >= 0.6 is 0 Å². The monoisotopic (exact) mass is 255 g/mol. The number of aromatic nitrogens is 2. The highest BCUT2D eigenvalue weighted by molar-refractivity contribution is 5.80. The molecule has 0 atom stereocenters. The summed E-state index contributed by atoms with van der Waals surface area (Å²) < 4.78 is 26.6. The number of hydrogen-bond donors (Lipinski definition) is 1. The van der Waals surface area contributed by atoms with Crippen molar-refractivity contribution in [1.29, 1.82) is 5.26 Å². The Morgan fingerprint density at radius 1 is 1.11 bits per heavy atom. The maximum atomic E-state index is 13.5. The minimum absolute atomic E-state index is 0.0979. The molecular formula is C14H7F2N3. The number of fused-ring (bicyclic) bond motifs is 1. The lowest BCUT2D eigenvalue weighted by Gasteiger charge is -1.95. The van der Waals surface area contributed by atoms with Crippen LogP contribution < -0.4 is 0 Å². The molecule has 0 aliphatic rings. The molecule has 2 aromatic carbocycles. The number of aromatic amines is 1. The van der Waals surface area contributed by atoms with Crippen LogP contribution in [0.4, 0.5) is 8.78 Å². The average Bonchev–Trinajstić information content (AvgIpc) is 2.83. The number of halogens is 2. The van der Waals surface area contributed by atoms with Gasteiger partial charge in [0.1, 0.15) is 17.2 Å². The Labute approximate surface area is 107 Å². The van der Waals surface area contributed by atoms with Crippen molar-refractivity contribution in [3.8, 4) is 17.5 Å². The average molecular weight is 255 g/mol. The summed E-state index contributed by atoms with van der Waals surface area (Å²) in [6, 6.07) is 10.7. The Morgan fingerprint density at radius 3 is 2.53 bits per heavy atom. The van der Waals surface area contributed by atoms with E-state index in [0.29, 0.717) is 22.5 Å². The van der Waals surface area contributed by atoms with Crippen molar-refractivity contribution < 1.29 is 8.78 Å². The van der Waals surface area contributed by atoms with Crippen LogP contribution in [-0.2, 0) is 0 Å². The molecule has 3 rings (SSSR count). The molecule has 1 aromatic heterocycles. The van der Waals surface area contributed by atoms with Crippen molar-refractivity contribution in [2.45, 2.75) is 0 Å². The highest BCUT2D eigenvalue weighted by Gasteiger charge is 2.10. The van der Waals surface area contributed by atoms with E-state index in [2.05, 4.69) is 9.97 Å². The molecule has 19 heavy (non-hydrogen) atoms. The highest BCUT2D eigenvalue weighted by Crippen LogP contribution is 2.23. The molecule has 0 spiro atoms. The molecule has 1 N–H and O–H groups in total. The van der Waals surface area contributed by atoms with Crippen LogP contribution in [0.2, 0.25) is 0 Å². The van der Waals surface area contributed by atoms with Gasteiger partial charge in [0.2, 0.25) is 0 Å². The highest BCUT2D eigenvalue weighted by atomic mass is 19.1. The third-order valence-electron chi connectivity index (χ3n) is 2.79. The van der Waals surface area contributed by atoms with Crippen molar-refractivity contribution in [3.05, 3.63) is 53.6 Å². The van der Waals surface area contributed by atoms with Gasteiger partial charge < -0.3 is 4.98 Å². The maximum Gasteiger partial charge on any atom is 0.153 e. The smallest absolute Gasteiger partial charge is 0.153 e. The van der Waals surface area contributed by atoms with Crippen LogP contribution in [0, 0.1) is 23.0 Å². The minimum atomic E-state index is -0.703. The first kappa shape index (κ1) is 11.4. The third kappa shape index (κ3) is 1.93. The van der Waals surface area contributed by atoms with Crippen LogP contribution in [0.5, 0.6) is 0 Å². The van der Waals surface area contributed by atoms with Gasteiger partial charge in [-0.1, -0.05) is 0 Å². The molecule has 0 amide bonds. The van der Waals surface area contributed by atoms with E-state index in [1.807, 2.05) is 6.07 Å². The molecule has 92 valence electrons. The zero-order valence-corrected chi connectivity index (χ0v) is 9.61. The standard InChI is InChI=1S/C14H7F2N3/c15-10-5-11(16)13-12(6-10)18-14(19-13)9-3-1-8(7-17)2-4-9/h1-6H,(H,18,19). The summed E-state index contributed by atoms with van der Waals surface area (Å²) in [5, 5.41) is 8.72. The van der Waals surface area contributed by atoms with E-state index in [1.165, 1.54) is 6.07 Å². The first-order valence-electron chi connectivity index (χ1n) is 5.52. The molecule has 0 aliphatic heterocycles. The topological polar surface area (TPSA) is 52.5 Å². The van der Waals surface area contributed by atoms with Gasteiger partial charge in [-0.05, 0) is 30.3 Å². The van der Waals surface area contributed by atoms with Crippen molar-refractivity contribution in [1.82, 2.24) is 9.97 Å². The van der Waals surface area contributed by atoms with Crippen molar-refractivity contribution in [3.63, 3.8) is 0 Å². The second-order valence-electron chi connectivity index (χ2n) is 4.06. The molecule has 0 radical (unpaired) electrons. The Balaban J connectivity index is 2.15. The van der Waals surface area contributed by atoms with Gasteiger partial charge in [0.25, 0.3) is 0 Å². The van der Waals surface area contributed by atoms with E-state index < -0.39 is 11.6 Å². The summed E-state index contributed by atoms with van der Waals surface area (Å²) in [4.78, 5) is 6.96. The summed E-state index contributed by atoms with van der Waals surface area (Å²) in [6.45, 7) is 0. The summed E-state index contributed by atoms with van der Waals surface area (Å²) in [5.41, 5.74) is 1.63. The second-order valence-corrected chi connectivity index (χ2v) is 4.06. The number of nitriles is 1. The number of hydrogen-bond acceptors (Lipinski definition) is 2. The van der Waals surface area contributed by atoms with Gasteiger partial charge in [-0.2, -0.15) is 5.26 Å². The molecule has 0 saturated carbocycles. The molecule has 0 aliphatic carbocycles. The van der Waals surface area contributed by atoms with Crippen LogP contribution in [0.15, 0.2) is 36.4 Å². The molecule has 1 heterocycles. The lowest BCUT2D eigenvalue weighted by atomic mass is 10.1. The van der Waals surface area contributed by atoms with Crippen LogP contribution in [-0.4, -0.2) is 9.97 Å². The molecule has 0 bridgehead atoms. The Morgan fingerprint density at radius 2 is 1.84 bits per heavy atom. The number of nitrogens with one attached hydrogen (secondary N) is 1. The van der Waals surface area contributed by atoms with Gasteiger partial charge in [-0.3, -0.25) is 0 Å². The summed E-state index contributed by atoms with van der Waals surface area (Å²) in [6.07, 6.45) is 0. The van der Waals surface area contributed by atoms with E-state index in [1.54, 1.807) is 24.3 Å². The Hall–Kier alpha value is -2.74. The maximum absolute atomic E-state index is 13.5. The zero-order chi connectivity index (χ0) is 13.4. The zero-order valence-electron chi connectivity index (χ0n) is 9.61. The third-order valence-corrected chi connectivity index (χ3v) is 2.79. The number of benzene rings is 2. The van der Waals surface area contributed by atoms with Crippen molar-refractivity contribution in [2.24, 2.45) is 0 Å². The lowest BCUT2D eigenvalue weighted by Crippen LogP contribution is -1.81. The Kier molecular flexibility index (Phi) is 2.50. The first-order chi connectivity index (χ1) is 9.17. The number of rotatable bonds is 1. The number of imidazole rings is 1. The van der Waals surface area contributed by atoms with Gasteiger partial charge in [0.05, 0.1) is 17.1 Å². The number of H-pyrrole nitrogens is 1. The van der Waals surface area contributed by atoms with E-state index in [0.717, 1.165) is 6.07 Å². The van der Waals surface area contributed by atoms with Crippen molar-refractivity contribution >= 4 is 11.0 Å². The lowest BCUT2D eigenvalue weighted by molar-refractivity contribution is 0.591. The SMILES string of the molecule is N#Cc1ccc(-c2nc3c(F)cc(F)cc3[nH]2)cc1. The van der Waals surface area contributed by atoms with Gasteiger partial charge >= 0.3 is 0 Å². The second kappa shape index (κ2) is 4.18. The van der Waals surface area contributed by atoms with E-state index in [4.69, 9.17) is 5.26 Å². The molecule has 0 unspecified atom stereocenters. The molecule has 3 aromatic rings. The summed E-state index contributed by atoms with van der Waals surface area (Å²) >= 11 is 0. The van der Waals surface area contributed by atoms with Gasteiger partial charge in [0, 0.05) is 11.6 Å². The summed E-state index contributed by atoms with van der Waals surface area (Å²) in [5.74, 6) is -0.921. The predicted molar refractivity (Wildman–Crippen MR) is 66.2 cm³/mol. The number of nitrogens with zero attached hydrogens (tertiary/aromatic N) is 2. The van der Waals surface area contributed by atoms with Gasteiger partial charge in [-0.25, -0.2) is 13.8 Å². The van der Waals surface area contributed by atoms with E-state index in [9.17, 15) is 8.78 Å². The molecule has 0 fully saturated rings.